The maximum Gasteiger partial charge on any atom is 0.262 e. The normalized spacial score (nSPS) is 12.8. The summed E-state index contributed by atoms with van der Waals surface area (Å²) in [6, 6.07) is 4.92. The number of aromatic nitrogens is 3. The summed E-state index contributed by atoms with van der Waals surface area (Å²) in [5.74, 6) is -1.23. The van der Waals surface area contributed by atoms with Crippen LogP contribution in [-0.4, -0.2) is 58.5 Å². The van der Waals surface area contributed by atoms with Crippen molar-refractivity contribution in [1.29, 1.82) is 0 Å². The van der Waals surface area contributed by atoms with Crippen molar-refractivity contribution in [1.82, 2.24) is 24.5 Å². The van der Waals surface area contributed by atoms with Gasteiger partial charge in [-0.1, -0.05) is 33.8 Å². The van der Waals surface area contributed by atoms with Crippen LogP contribution in [0.5, 0.6) is 0 Å². The molecule has 29 heavy (non-hydrogen) atoms. The van der Waals surface area contributed by atoms with E-state index < -0.39 is 27.9 Å². The first kappa shape index (κ1) is 22.5. The molecule has 1 aromatic carbocycles. The minimum absolute atomic E-state index is 0.0296. The molecule has 1 aromatic heterocycles. The Bertz CT molecular complexity index is 939. The molecule has 158 valence electrons. The molecule has 0 spiro atoms. The number of hydrogen-bond donors (Lipinski definition) is 2. The zero-order chi connectivity index (χ0) is 21.6. The Balaban J connectivity index is 2.21. The summed E-state index contributed by atoms with van der Waals surface area (Å²) in [4.78, 5) is 30.1. The Labute approximate surface area is 170 Å². The largest absolute Gasteiger partial charge is 0.340 e. The molecule has 1 heterocycles. The van der Waals surface area contributed by atoms with Crippen LogP contribution in [-0.2, 0) is 14.8 Å². The van der Waals surface area contributed by atoms with Gasteiger partial charge in [0.25, 0.3) is 11.8 Å². The van der Waals surface area contributed by atoms with Crippen LogP contribution in [0.2, 0.25) is 0 Å². The van der Waals surface area contributed by atoms with E-state index in [1.54, 1.807) is 27.7 Å². The third-order valence-corrected chi connectivity index (χ3v) is 6.36. The molecule has 0 bridgehead atoms. The van der Waals surface area contributed by atoms with E-state index >= 15 is 0 Å². The maximum absolute atomic E-state index is 12.7. The van der Waals surface area contributed by atoms with Crippen LogP contribution in [0.3, 0.4) is 0 Å². The van der Waals surface area contributed by atoms with Crippen LogP contribution in [0.1, 0.15) is 38.1 Å². The average molecular weight is 423 g/mol. The van der Waals surface area contributed by atoms with Gasteiger partial charge in [0.2, 0.25) is 10.0 Å². The number of sulfonamides is 1. The third-order valence-electron chi connectivity index (χ3n) is 4.32. The third kappa shape index (κ3) is 5.39. The lowest BCUT2D eigenvalue weighted by Gasteiger charge is -2.22. The molecule has 0 saturated carbocycles. The number of carbonyl (C=O) groups excluding carboxylic acids is 2. The number of hydrogen-bond acceptors (Lipinski definition) is 6. The molecule has 2 rings (SSSR count). The number of nitrogens with one attached hydrogen (secondary N) is 2. The highest BCUT2D eigenvalue weighted by Crippen LogP contribution is 2.17. The van der Waals surface area contributed by atoms with E-state index in [0.717, 1.165) is 4.79 Å². The lowest BCUT2D eigenvalue weighted by Crippen LogP contribution is -2.48. The summed E-state index contributed by atoms with van der Waals surface area (Å²) in [5, 5.41) is 6.46. The average Bonchev–Trinajstić information content (AvgIpc) is 3.19. The number of nitrogens with zero attached hydrogens (tertiary/aromatic N) is 4. The molecule has 1 atom stereocenters. The Morgan fingerprint density at radius 2 is 1.90 bits per heavy atom. The van der Waals surface area contributed by atoms with Crippen molar-refractivity contribution < 1.29 is 18.0 Å². The van der Waals surface area contributed by atoms with Crippen molar-refractivity contribution in [3.63, 3.8) is 0 Å². The van der Waals surface area contributed by atoms with Gasteiger partial charge in [0.05, 0.1) is 4.90 Å². The Hall–Kier alpha value is -2.79. The molecule has 2 N–H and O–H groups in total. The van der Waals surface area contributed by atoms with Crippen LogP contribution < -0.4 is 10.7 Å². The van der Waals surface area contributed by atoms with Gasteiger partial charge in [-0.25, -0.2) is 18.8 Å². The molecule has 0 fully saturated rings. The number of amides is 2. The summed E-state index contributed by atoms with van der Waals surface area (Å²) >= 11 is 0. The Kier molecular flexibility index (Phi) is 7.46. The van der Waals surface area contributed by atoms with E-state index in [9.17, 15) is 18.0 Å². The second-order valence-electron chi connectivity index (χ2n) is 6.63. The van der Waals surface area contributed by atoms with E-state index in [0.29, 0.717) is 13.1 Å². The maximum atomic E-state index is 12.7. The first-order valence-electron chi connectivity index (χ1n) is 9.27. The van der Waals surface area contributed by atoms with Gasteiger partial charge >= 0.3 is 0 Å². The van der Waals surface area contributed by atoms with Crippen molar-refractivity contribution in [2.24, 2.45) is 5.92 Å². The Morgan fingerprint density at radius 3 is 2.45 bits per heavy atom. The van der Waals surface area contributed by atoms with Crippen molar-refractivity contribution in [3.05, 3.63) is 42.5 Å². The van der Waals surface area contributed by atoms with Crippen LogP contribution >= 0.6 is 0 Å². The van der Waals surface area contributed by atoms with Crippen LogP contribution in [0.15, 0.2) is 41.8 Å². The zero-order valence-corrected chi connectivity index (χ0v) is 17.7. The molecule has 0 aliphatic rings. The smallest absolute Gasteiger partial charge is 0.262 e. The van der Waals surface area contributed by atoms with Crippen molar-refractivity contribution >= 4 is 21.8 Å². The first-order chi connectivity index (χ1) is 13.7. The van der Waals surface area contributed by atoms with Gasteiger partial charge in [0, 0.05) is 18.7 Å². The molecular formula is C18H26N6O4S. The SMILES string of the molecule is CCN(CC)S(=O)(=O)c1cccc(C(=O)N[C@H](C(=O)Nn2cncn2)C(C)C)c1. The van der Waals surface area contributed by atoms with Crippen LogP contribution in [0.4, 0.5) is 0 Å². The van der Waals surface area contributed by atoms with E-state index in [1.807, 2.05) is 0 Å². The molecule has 10 nitrogen and oxygen atoms in total. The summed E-state index contributed by atoms with van der Waals surface area (Å²) in [7, 11) is -3.70. The number of rotatable bonds is 9. The monoisotopic (exact) mass is 422 g/mol. The first-order valence-corrected chi connectivity index (χ1v) is 10.7. The summed E-state index contributed by atoms with van der Waals surface area (Å²) in [6.45, 7) is 7.72. The molecule has 0 unspecified atom stereocenters. The Morgan fingerprint density at radius 1 is 1.21 bits per heavy atom. The van der Waals surface area contributed by atoms with Crippen molar-refractivity contribution in [2.75, 3.05) is 18.5 Å². The molecule has 2 aromatic rings. The summed E-state index contributed by atoms with van der Waals surface area (Å²) < 4.78 is 26.7. The number of benzene rings is 1. The highest BCUT2D eigenvalue weighted by Gasteiger charge is 2.27. The summed E-state index contributed by atoms with van der Waals surface area (Å²) in [6.07, 6.45) is 2.59. The van der Waals surface area contributed by atoms with E-state index in [-0.39, 0.29) is 16.4 Å². The van der Waals surface area contributed by atoms with Gasteiger partial charge < -0.3 is 5.32 Å². The van der Waals surface area contributed by atoms with Gasteiger partial charge in [-0.2, -0.15) is 9.10 Å². The van der Waals surface area contributed by atoms with Crippen molar-refractivity contribution in [3.8, 4) is 0 Å². The highest BCUT2D eigenvalue weighted by atomic mass is 32.2. The minimum atomic E-state index is -3.70. The second kappa shape index (κ2) is 9.61. The lowest BCUT2D eigenvalue weighted by molar-refractivity contribution is -0.119. The molecule has 0 radical (unpaired) electrons. The van der Waals surface area contributed by atoms with E-state index in [2.05, 4.69) is 20.8 Å². The highest BCUT2D eigenvalue weighted by molar-refractivity contribution is 7.89. The zero-order valence-electron chi connectivity index (χ0n) is 16.9. The topological polar surface area (TPSA) is 126 Å². The van der Waals surface area contributed by atoms with E-state index in [4.69, 9.17) is 0 Å². The van der Waals surface area contributed by atoms with Gasteiger partial charge in [-0.05, 0) is 24.1 Å². The fourth-order valence-electron chi connectivity index (χ4n) is 2.72. The fraction of sp³-hybridized carbons (Fsp3) is 0.444. The molecule has 2 amide bonds. The molecular weight excluding hydrogens is 396 g/mol. The molecule has 0 aliphatic carbocycles. The number of carbonyl (C=O) groups is 2. The standard InChI is InChI=1S/C18H26N6O4S/c1-5-23(6-2)29(27,28)15-9-7-8-14(10-15)17(25)21-16(13(3)4)18(26)22-24-12-19-11-20-24/h7-13,16H,5-6H2,1-4H3,(H,21,25)(H,22,26)/t16-/m0/s1. The van der Waals surface area contributed by atoms with Gasteiger partial charge in [0.15, 0.2) is 0 Å². The van der Waals surface area contributed by atoms with Crippen molar-refractivity contribution in [2.45, 2.75) is 38.6 Å². The molecule has 0 aliphatic heterocycles. The predicted octanol–water partition coefficient (Wildman–Crippen LogP) is 0.833. The van der Waals surface area contributed by atoms with E-state index in [1.165, 1.54) is 41.2 Å². The second-order valence-corrected chi connectivity index (χ2v) is 8.57. The fourth-order valence-corrected chi connectivity index (χ4v) is 4.22. The summed E-state index contributed by atoms with van der Waals surface area (Å²) in [5.41, 5.74) is 2.66. The van der Waals surface area contributed by atoms with Crippen LogP contribution in [0, 0.1) is 5.92 Å². The van der Waals surface area contributed by atoms with Gasteiger partial charge in [-0.15, -0.1) is 5.10 Å². The predicted molar refractivity (Wildman–Crippen MR) is 107 cm³/mol. The van der Waals surface area contributed by atoms with Gasteiger partial charge in [-0.3, -0.25) is 9.59 Å². The molecule has 0 saturated heterocycles. The van der Waals surface area contributed by atoms with Gasteiger partial charge in [0.1, 0.15) is 18.7 Å². The lowest BCUT2D eigenvalue weighted by atomic mass is 10.0. The van der Waals surface area contributed by atoms with Crippen LogP contribution in [0.25, 0.3) is 0 Å². The quantitative estimate of drug-likeness (QED) is 0.616. The molecule has 11 heteroatoms. The minimum Gasteiger partial charge on any atom is -0.340 e.